The van der Waals surface area contributed by atoms with E-state index in [0.29, 0.717) is 11.1 Å². The van der Waals surface area contributed by atoms with Crippen LogP contribution in [0.15, 0.2) is 120 Å². The molecule has 0 spiro atoms. The molecule has 2 N–H and O–H groups in total. The molecule has 0 fully saturated rings. The third kappa shape index (κ3) is 5.48. The van der Waals surface area contributed by atoms with Crippen LogP contribution in [-0.2, 0) is 0 Å². The van der Waals surface area contributed by atoms with Crippen LogP contribution in [0.25, 0.3) is 6.08 Å². The number of phenolic OH excluding ortho intramolecular Hbond substituents is 2. The monoisotopic (exact) mass is 446 g/mol. The molecule has 4 aromatic rings. The lowest BCUT2D eigenvalue weighted by molar-refractivity contribution is 0.473. The number of benzene rings is 4. The molecule has 0 saturated carbocycles. The summed E-state index contributed by atoms with van der Waals surface area (Å²) in [5.41, 5.74) is 4.24. The highest BCUT2D eigenvalue weighted by atomic mass is 16.3. The summed E-state index contributed by atoms with van der Waals surface area (Å²) in [6.45, 7) is 3.84. The Balaban J connectivity index is 1.81. The summed E-state index contributed by atoms with van der Waals surface area (Å²) in [5.74, 6) is 0.337. The molecule has 2 unspecified atom stereocenters. The van der Waals surface area contributed by atoms with Crippen LogP contribution in [0.1, 0.15) is 39.9 Å². The van der Waals surface area contributed by atoms with Gasteiger partial charge in [-0.25, -0.2) is 0 Å². The van der Waals surface area contributed by atoms with E-state index in [0.717, 1.165) is 16.7 Å². The highest BCUT2D eigenvalue weighted by molar-refractivity contribution is 5.84. The lowest BCUT2D eigenvalue weighted by Crippen LogP contribution is -2.09. The minimum absolute atomic E-state index is 0.168. The topological polar surface area (TPSA) is 65.2 Å². The molecule has 4 aromatic carbocycles. The first-order chi connectivity index (χ1) is 16.7. The van der Waals surface area contributed by atoms with E-state index in [9.17, 15) is 10.2 Å². The van der Waals surface area contributed by atoms with Crippen molar-refractivity contribution in [2.75, 3.05) is 0 Å². The highest BCUT2D eigenvalue weighted by Crippen LogP contribution is 2.36. The van der Waals surface area contributed by atoms with E-state index in [1.54, 1.807) is 42.8 Å². The van der Waals surface area contributed by atoms with Gasteiger partial charge in [0.25, 0.3) is 0 Å². The van der Waals surface area contributed by atoms with Crippen molar-refractivity contribution in [1.29, 1.82) is 0 Å². The van der Waals surface area contributed by atoms with Gasteiger partial charge in [0, 0.05) is 23.6 Å². The first-order valence-electron chi connectivity index (χ1n) is 11.1. The zero-order chi connectivity index (χ0) is 23.8. The van der Waals surface area contributed by atoms with Crippen molar-refractivity contribution in [3.63, 3.8) is 0 Å². The molecular weight excluding hydrogens is 420 g/mol. The Kier molecular flexibility index (Phi) is 7.31. The zero-order valence-electron chi connectivity index (χ0n) is 18.7. The Labute approximate surface area is 199 Å². The van der Waals surface area contributed by atoms with E-state index >= 15 is 0 Å². The van der Waals surface area contributed by atoms with Crippen molar-refractivity contribution in [3.05, 3.63) is 138 Å². The molecule has 2 atom stereocenters. The van der Waals surface area contributed by atoms with Crippen LogP contribution >= 0.6 is 0 Å². The standard InChI is InChI=1S/C30H26N2O2/c1-2-22-16-18-24(19-17-22)30(32-21-26-13-7-9-15-28(26)34)29(23-10-4-3-5-11-23)31-20-25-12-6-8-14-27(25)33/h2-21,29-30,33-34H,1H2. The van der Waals surface area contributed by atoms with Gasteiger partial charge in [-0.05, 0) is 41.0 Å². The fourth-order valence-corrected chi connectivity index (χ4v) is 3.69. The Hall–Kier alpha value is -4.44. The van der Waals surface area contributed by atoms with E-state index in [1.165, 1.54) is 0 Å². The fraction of sp³-hybridized carbons (Fsp3) is 0.0667. The maximum absolute atomic E-state index is 10.2. The van der Waals surface area contributed by atoms with Crippen LogP contribution in [-0.4, -0.2) is 22.6 Å². The number of hydrogen-bond acceptors (Lipinski definition) is 4. The summed E-state index contributed by atoms with van der Waals surface area (Å²) in [5, 5.41) is 20.5. The fourth-order valence-electron chi connectivity index (χ4n) is 3.69. The quantitative estimate of drug-likeness (QED) is 0.294. The Morgan fingerprint density at radius 2 is 1.00 bits per heavy atom. The third-order valence-electron chi connectivity index (χ3n) is 5.58. The van der Waals surface area contributed by atoms with Gasteiger partial charge in [-0.1, -0.05) is 91.5 Å². The van der Waals surface area contributed by atoms with Gasteiger partial charge in [-0.15, -0.1) is 0 Å². The van der Waals surface area contributed by atoms with Crippen molar-refractivity contribution in [2.45, 2.75) is 12.1 Å². The lowest BCUT2D eigenvalue weighted by atomic mass is 9.93. The largest absolute Gasteiger partial charge is 0.507 e. The minimum Gasteiger partial charge on any atom is -0.507 e. The second kappa shape index (κ2) is 10.9. The maximum Gasteiger partial charge on any atom is 0.124 e. The number of rotatable bonds is 8. The molecule has 0 aliphatic carbocycles. The molecule has 168 valence electrons. The summed E-state index contributed by atoms with van der Waals surface area (Å²) in [7, 11) is 0. The predicted octanol–water partition coefficient (Wildman–Crippen LogP) is 6.76. The first-order valence-corrected chi connectivity index (χ1v) is 11.1. The number of para-hydroxylation sites is 2. The molecule has 0 aromatic heterocycles. The van der Waals surface area contributed by atoms with E-state index < -0.39 is 0 Å². The molecular formula is C30H26N2O2. The molecule has 0 saturated heterocycles. The number of phenols is 2. The molecule has 0 aliphatic rings. The molecule has 0 heterocycles. The van der Waals surface area contributed by atoms with Crippen molar-refractivity contribution in [3.8, 4) is 11.5 Å². The Morgan fingerprint density at radius 1 is 0.559 bits per heavy atom. The Morgan fingerprint density at radius 3 is 1.47 bits per heavy atom. The van der Waals surface area contributed by atoms with Gasteiger partial charge < -0.3 is 10.2 Å². The van der Waals surface area contributed by atoms with Crippen molar-refractivity contribution < 1.29 is 10.2 Å². The number of aromatic hydroxyl groups is 2. The molecule has 0 amide bonds. The number of nitrogens with zero attached hydrogens (tertiary/aromatic N) is 2. The first kappa shape index (κ1) is 22.7. The molecule has 34 heavy (non-hydrogen) atoms. The van der Waals surface area contributed by atoms with Gasteiger partial charge >= 0.3 is 0 Å². The number of hydrogen-bond donors (Lipinski definition) is 2. The van der Waals surface area contributed by atoms with Gasteiger partial charge in [0.1, 0.15) is 23.6 Å². The SMILES string of the molecule is C=Cc1ccc(C(N=Cc2ccccc2O)C(N=Cc2ccccc2O)c2ccccc2)cc1. The van der Waals surface area contributed by atoms with Gasteiger partial charge in [-0.3, -0.25) is 9.98 Å². The Bertz CT molecular complexity index is 1290. The average molecular weight is 447 g/mol. The molecule has 0 aliphatic heterocycles. The summed E-state index contributed by atoms with van der Waals surface area (Å²) >= 11 is 0. The van der Waals surface area contributed by atoms with E-state index in [2.05, 4.69) is 6.58 Å². The molecule has 4 heteroatoms. The van der Waals surface area contributed by atoms with E-state index in [4.69, 9.17) is 9.98 Å². The van der Waals surface area contributed by atoms with Gasteiger partial charge in [-0.2, -0.15) is 0 Å². The van der Waals surface area contributed by atoms with Crippen LogP contribution in [0.5, 0.6) is 11.5 Å². The van der Waals surface area contributed by atoms with Gasteiger partial charge in [0.05, 0.1) is 0 Å². The van der Waals surface area contributed by atoms with E-state index in [-0.39, 0.29) is 23.6 Å². The third-order valence-corrected chi connectivity index (χ3v) is 5.58. The van der Waals surface area contributed by atoms with Gasteiger partial charge in [0.15, 0.2) is 0 Å². The smallest absolute Gasteiger partial charge is 0.124 e. The molecule has 0 bridgehead atoms. The van der Waals surface area contributed by atoms with Gasteiger partial charge in [0.2, 0.25) is 0 Å². The van der Waals surface area contributed by atoms with Crippen molar-refractivity contribution in [2.24, 2.45) is 9.98 Å². The highest BCUT2D eigenvalue weighted by Gasteiger charge is 2.23. The normalized spacial score (nSPS) is 13.2. The maximum atomic E-state index is 10.2. The lowest BCUT2D eigenvalue weighted by Gasteiger charge is -2.22. The van der Waals surface area contributed by atoms with Crippen LogP contribution < -0.4 is 0 Å². The van der Waals surface area contributed by atoms with Crippen LogP contribution in [0.2, 0.25) is 0 Å². The van der Waals surface area contributed by atoms with Crippen molar-refractivity contribution in [1.82, 2.24) is 0 Å². The summed E-state index contributed by atoms with van der Waals surface area (Å²) in [6.07, 6.45) is 5.18. The summed E-state index contributed by atoms with van der Waals surface area (Å²) < 4.78 is 0. The average Bonchev–Trinajstić information content (AvgIpc) is 2.88. The van der Waals surface area contributed by atoms with E-state index in [1.807, 2.05) is 78.9 Å². The van der Waals surface area contributed by atoms with Crippen LogP contribution in [0.4, 0.5) is 0 Å². The van der Waals surface area contributed by atoms with Crippen LogP contribution in [0.3, 0.4) is 0 Å². The molecule has 0 radical (unpaired) electrons. The predicted molar refractivity (Wildman–Crippen MR) is 140 cm³/mol. The second-order valence-corrected chi connectivity index (χ2v) is 7.85. The van der Waals surface area contributed by atoms with Crippen LogP contribution in [0, 0.1) is 0 Å². The minimum atomic E-state index is -0.372. The molecule has 4 nitrogen and oxygen atoms in total. The summed E-state index contributed by atoms with van der Waals surface area (Å²) in [6, 6.07) is 31.5. The zero-order valence-corrected chi connectivity index (χ0v) is 18.7. The van der Waals surface area contributed by atoms with Crippen molar-refractivity contribution >= 4 is 18.5 Å². The second-order valence-electron chi connectivity index (χ2n) is 7.85. The summed E-state index contributed by atoms with van der Waals surface area (Å²) in [4.78, 5) is 9.80. The molecule has 4 rings (SSSR count). The number of aliphatic imine (C=N–C) groups is 2.